The summed E-state index contributed by atoms with van der Waals surface area (Å²) in [5, 5.41) is 20.9. The van der Waals surface area contributed by atoms with Crippen LogP contribution in [0.25, 0.3) is 0 Å². The Labute approximate surface area is 286 Å². The molecule has 2 aromatic rings. The lowest BCUT2D eigenvalue weighted by molar-refractivity contribution is -0.139. The van der Waals surface area contributed by atoms with Gasteiger partial charge in [-0.15, -0.1) is 0 Å². The first-order chi connectivity index (χ1) is 23.9. The maximum Gasteiger partial charge on any atom is 0.503 e. The Morgan fingerprint density at radius 1 is 1.02 bits per heavy atom. The maximum atomic E-state index is 12.7. The largest absolute Gasteiger partial charge is 0.503 e. The highest BCUT2D eigenvalue weighted by atomic mass is 31.2. The van der Waals surface area contributed by atoms with Gasteiger partial charge in [-0.3, -0.25) is 18.9 Å². The zero-order valence-electron chi connectivity index (χ0n) is 27.5. The molecule has 21 heteroatoms. The number of hydrazine groups is 1. The van der Waals surface area contributed by atoms with Gasteiger partial charge in [0.25, 0.3) is 11.8 Å². The molecule has 5 N–H and O–H groups in total. The number of hydrogen-bond donors (Lipinski definition) is 5. The number of carboxylic acids is 1. The zero-order chi connectivity index (χ0) is 36.5. The summed E-state index contributed by atoms with van der Waals surface area (Å²) in [6.45, 7) is 1.52. The highest BCUT2D eigenvalue weighted by molar-refractivity contribution is 7.47. The molecule has 0 spiro atoms. The zero-order valence-corrected chi connectivity index (χ0v) is 28.4. The van der Waals surface area contributed by atoms with Crippen LogP contribution >= 0.6 is 7.82 Å². The van der Waals surface area contributed by atoms with Crippen molar-refractivity contribution in [2.24, 2.45) is 0 Å². The number of fused-ring (bicyclic) bond motifs is 1. The number of carbonyl (C=O) groups is 4. The third-order valence-corrected chi connectivity index (χ3v) is 7.47. The first kappa shape index (κ1) is 40.3. The fraction of sp³-hybridized carbons (Fsp3) is 0.517. The van der Waals surface area contributed by atoms with Crippen molar-refractivity contribution in [1.82, 2.24) is 25.6 Å². The molecule has 0 saturated carbocycles. The Hall–Kier alpha value is -4.14. The van der Waals surface area contributed by atoms with Crippen molar-refractivity contribution >= 4 is 43.0 Å². The van der Waals surface area contributed by atoms with Gasteiger partial charge in [-0.2, -0.15) is 0 Å². The third kappa shape index (κ3) is 13.3. The number of halogens is 1. The molecular formula is C29H41FN7O12P. The second-order valence-corrected chi connectivity index (χ2v) is 12.1. The van der Waals surface area contributed by atoms with E-state index in [0.29, 0.717) is 49.1 Å². The average Bonchev–Trinajstić information content (AvgIpc) is 3.09. The van der Waals surface area contributed by atoms with E-state index >= 15 is 0 Å². The molecule has 1 aliphatic rings. The molecule has 3 amide bonds. The predicted molar refractivity (Wildman–Crippen MR) is 172 cm³/mol. The van der Waals surface area contributed by atoms with Gasteiger partial charge in [0.2, 0.25) is 5.91 Å². The van der Waals surface area contributed by atoms with Gasteiger partial charge < -0.3 is 40.2 Å². The van der Waals surface area contributed by atoms with Crippen molar-refractivity contribution in [2.45, 2.75) is 31.8 Å². The number of carboxylic acid groups (broad SMARTS) is 1. The number of nitrogens with zero attached hydrogens (tertiary/aromatic N) is 4. The second-order valence-electron chi connectivity index (χ2n) is 10.7. The Bertz CT molecular complexity index is 1490. The number of carbonyl (C=O) groups excluding carboxylic acids is 3. The van der Waals surface area contributed by atoms with Crippen LogP contribution in [0.3, 0.4) is 0 Å². The van der Waals surface area contributed by atoms with E-state index in [0.717, 1.165) is 0 Å². The second kappa shape index (κ2) is 20.5. The maximum absolute atomic E-state index is 12.7. The minimum atomic E-state index is -4.66. The molecule has 0 radical (unpaired) electrons. The van der Waals surface area contributed by atoms with E-state index in [4.69, 9.17) is 19.1 Å². The molecule has 276 valence electrons. The Kier molecular flexibility index (Phi) is 16.5. The molecular weight excluding hydrogens is 688 g/mol. The molecule has 1 aromatic heterocycles. The van der Waals surface area contributed by atoms with Gasteiger partial charge in [-0.1, -0.05) is 4.73 Å². The normalized spacial score (nSPS) is 14.0. The lowest BCUT2D eigenvalue weighted by Gasteiger charge is -2.35. The van der Waals surface area contributed by atoms with E-state index in [-0.39, 0.29) is 69.8 Å². The molecule has 0 aliphatic carbocycles. The number of aromatic nitrogens is 2. The Morgan fingerprint density at radius 2 is 1.66 bits per heavy atom. The molecule has 0 bridgehead atoms. The summed E-state index contributed by atoms with van der Waals surface area (Å²) in [7, 11) is -1.20. The number of phosphoric ester groups is 1. The highest BCUT2D eigenvalue weighted by Crippen LogP contribution is 2.43. The van der Waals surface area contributed by atoms with E-state index in [1.54, 1.807) is 37.4 Å². The Balaban J connectivity index is 1.24. The number of amides is 3. The van der Waals surface area contributed by atoms with Crippen LogP contribution in [0.4, 0.5) is 16.0 Å². The molecule has 50 heavy (non-hydrogen) atoms. The van der Waals surface area contributed by atoms with Crippen molar-refractivity contribution in [3.63, 3.8) is 0 Å². The van der Waals surface area contributed by atoms with Gasteiger partial charge in [-0.25, -0.2) is 29.3 Å². The fourth-order valence-corrected chi connectivity index (χ4v) is 4.63. The van der Waals surface area contributed by atoms with Crippen LogP contribution in [0.1, 0.15) is 45.8 Å². The molecule has 1 aliphatic heterocycles. The van der Waals surface area contributed by atoms with Crippen molar-refractivity contribution in [3.05, 3.63) is 47.4 Å². The van der Waals surface area contributed by atoms with Crippen LogP contribution in [0.5, 0.6) is 0 Å². The quantitative estimate of drug-likeness (QED) is 0.0709. The summed E-state index contributed by atoms with van der Waals surface area (Å²) in [4.78, 5) is 66.2. The van der Waals surface area contributed by atoms with Crippen LogP contribution in [-0.4, -0.2) is 122 Å². The summed E-state index contributed by atoms with van der Waals surface area (Å²) in [5.74, 6) is -1.99. The van der Waals surface area contributed by atoms with E-state index in [2.05, 4.69) is 35.2 Å². The van der Waals surface area contributed by atoms with Crippen LogP contribution in [-0.2, 0) is 44.2 Å². The monoisotopic (exact) mass is 729 g/mol. The molecule has 0 fully saturated rings. The molecule has 3 rings (SSSR count). The van der Waals surface area contributed by atoms with Gasteiger partial charge in [-0.05, 0) is 41.6 Å². The van der Waals surface area contributed by atoms with Crippen LogP contribution in [0.15, 0.2) is 30.5 Å². The minimum Gasteiger partial charge on any atom is -0.480 e. The summed E-state index contributed by atoms with van der Waals surface area (Å²) in [6, 6.07) is 5.07. The number of rotatable bonds is 25. The van der Waals surface area contributed by atoms with Crippen LogP contribution < -0.4 is 21.0 Å². The van der Waals surface area contributed by atoms with Crippen molar-refractivity contribution in [2.75, 3.05) is 77.2 Å². The first-order valence-corrected chi connectivity index (χ1v) is 16.9. The van der Waals surface area contributed by atoms with Crippen molar-refractivity contribution in [3.8, 4) is 0 Å². The van der Waals surface area contributed by atoms with E-state index < -0.39 is 25.7 Å². The molecule has 1 aromatic carbocycles. The van der Waals surface area contributed by atoms with Gasteiger partial charge in [0.15, 0.2) is 11.5 Å². The summed E-state index contributed by atoms with van der Waals surface area (Å²) >= 11 is 0. The van der Waals surface area contributed by atoms with Gasteiger partial charge in [0, 0.05) is 44.9 Å². The minimum absolute atomic E-state index is 0.0587. The topological polar surface area (TPSA) is 240 Å². The van der Waals surface area contributed by atoms with E-state index in [9.17, 15) is 33.4 Å². The molecule has 19 nitrogen and oxygen atoms in total. The van der Waals surface area contributed by atoms with Crippen molar-refractivity contribution in [1.29, 1.82) is 0 Å². The Morgan fingerprint density at radius 3 is 2.28 bits per heavy atom. The summed E-state index contributed by atoms with van der Waals surface area (Å²) in [6.07, 6.45) is 1.85. The number of aliphatic carboxylic acids is 1. The smallest absolute Gasteiger partial charge is 0.480 e. The summed E-state index contributed by atoms with van der Waals surface area (Å²) in [5.41, 5.74) is 1.74. The number of phosphoric acid groups is 1. The lowest BCUT2D eigenvalue weighted by atomic mass is 10.1. The van der Waals surface area contributed by atoms with Gasteiger partial charge in [0.05, 0.1) is 58.1 Å². The number of ether oxygens (including phenoxy) is 3. The predicted octanol–water partition coefficient (Wildman–Crippen LogP) is 1.06. The van der Waals surface area contributed by atoms with Gasteiger partial charge in [0.1, 0.15) is 6.04 Å². The molecule has 2 atom stereocenters. The SMILES string of the molecule is CN(C)N1C(=O)c2nc(CNc3ccc(C(=O)NC(CCC(=O)NCCCOCCOCCOCCOP(=O)(O)OF)C(=O)O)cc3)cnc21. The highest BCUT2D eigenvalue weighted by Gasteiger charge is 2.38. The third-order valence-electron chi connectivity index (χ3n) is 6.78. The number of benzene rings is 1. The summed E-state index contributed by atoms with van der Waals surface area (Å²) < 4.78 is 45.1. The standard InChI is InChI=1S/C29H41FN7O12P/c1-36(2)37-26-25(28(37)40)34-22(19-33-26)18-32-21-6-4-20(5-7-21)27(39)35-23(29(41)42)8-9-24(38)31-10-3-11-45-12-13-46-14-15-47-16-17-48-50(43,44)49-30/h4-7,19,23,32H,3,8-18H2,1-2H3,(H,31,38)(H,35,39)(H,41,42)(H,43,44). The van der Waals surface area contributed by atoms with E-state index in [1.807, 2.05) is 0 Å². The van der Waals surface area contributed by atoms with Crippen molar-refractivity contribution < 1.29 is 61.7 Å². The fourth-order valence-electron chi connectivity index (χ4n) is 4.29. The first-order valence-electron chi connectivity index (χ1n) is 15.4. The lowest BCUT2D eigenvalue weighted by Crippen LogP contribution is -2.51. The number of anilines is 2. The molecule has 2 unspecified atom stereocenters. The van der Waals surface area contributed by atoms with Crippen LogP contribution in [0.2, 0.25) is 0 Å². The van der Waals surface area contributed by atoms with Gasteiger partial charge >= 0.3 is 13.8 Å². The van der Waals surface area contributed by atoms with Crippen LogP contribution in [0, 0.1) is 0 Å². The number of hydrogen-bond acceptors (Lipinski definition) is 14. The average molecular weight is 730 g/mol. The molecule has 2 heterocycles. The molecule has 0 saturated heterocycles. The number of nitrogens with one attached hydrogen (secondary N) is 3. The van der Waals surface area contributed by atoms with E-state index in [1.165, 1.54) is 17.1 Å².